The van der Waals surface area contributed by atoms with Gasteiger partial charge in [0, 0.05) is 0 Å². The first-order chi connectivity index (χ1) is 8.20. The summed E-state index contributed by atoms with van der Waals surface area (Å²) in [4.78, 5) is 0. The van der Waals surface area contributed by atoms with Crippen molar-refractivity contribution in [2.75, 3.05) is 0 Å². The van der Waals surface area contributed by atoms with Gasteiger partial charge in [-0.3, -0.25) is 0 Å². The maximum absolute atomic E-state index is 9.57. The Labute approximate surface area is 99.2 Å². The third kappa shape index (κ3) is 2.39. The van der Waals surface area contributed by atoms with Gasteiger partial charge in [-0.15, -0.1) is 0 Å². The van der Waals surface area contributed by atoms with Crippen LogP contribution in [0.5, 0.6) is 23.0 Å². The minimum absolute atomic E-state index is 0.204. The quantitative estimate of drug-likeness (QED) is 0.790. The van der Waals surface area contributed by atoms with Crippen LogP contribution >= 0.6 is 0 Å². The lowest BCUT2D eigenvalue weighted by Crippen LogP contribution is -1.85. The second-order valence-electron chi connectivity index (χ2n) is 3.50. The van der Waals surface area contributed by atoms with Crippen LogP contribution in [0.3, 0.4) is 0 Å². The van der Waals surface area contributed by atoms with Crippen LogP contribution in [-0.2, 0) is 0 Å². The largest absolute Gasteiger partial charge is 0.504 e. The van der Waals surface area contributed by atoms with Crippen LogP contribution in [0.1, 0.15) is 5.56 Å². The van der Waals surface area contributed by atoms with E-state index in [9.17, 15) is 10.2 Å². The van der Waals surface area contributed by atoms with Gasteiger partial charge in [0.05, 0.1) is 0 Å². The Kier molecular flexibility index (Phi) is 3.01. The zero-order valence-electron chi connectivity index (χ0n) is 9.13. The van der Waals surface area contributed by atoms with Gasteiger partial charge in [-0.1, -0.05) is 30.9 Å². The number of benzene rings is 2. The van der Waals surface area contributed by atoms with Gasteiger partial charge >= 0.3 is 0 Å². The van der Waals surface area contributed by atoms with Crippen molar-refractivity contribution in [1.29, 1.82) is 0 Å². The maximum atomic E-state index is 9.57. The van der Waals surface area contributed by atoms with Gasteiger partial charge in [0.25, 0.3) is 0 Å². The van der Waals surface area contributed by atoms with Crippen LogP contribution in [0.15, 0.2) is 49.0 Å². The SMILES string of the molecule is C=Cc1ccc(Oc2cccc(O)c2O)cc1. The number of phenols is 2. The highest BCUT2D eigenvalue weighted by Gasteiger charge is 2.07. The first-order valence-corrected chi connectivity index (χ1v) is 5.12. The summed E-state index contributed by atoms with van der Waals surface area (Å²) in [7, 11) is 0. The number of para-hydroxylation sites is 1. The Morgan fingerprint density at radius 3 is 2.35 bits per heavy atom. The van der Waals surface area contributed by atoms with Crippen LogP contribution in [0.25, 0.3) is 6.08 Å². The van der Waals surface area contributed by atoms with E-state index in [1.165, 1.54) is 6.07 Å². The van der Waals surface area contributed by atoms with Gasteiger partial charge in [0.1, 0.15) is 5.75 Å². The standard InChI is InChI=1S/C14H12O3/c1-2-10-6-8-11(9-7-10)17-13-5-3-4-12(15)14(13)16/h2-9,15-16H,1H2. The van der Waals surface area contributed by atoms with E-state index in [0.717, 1.165) is 5.56 Å². The molecule has 0 aliphatic carbocycles. The number of phenolic OH excluding ortho intramolecular Hbond substituents is 2. The van der Waals surface area contributed by atoms with Crippen molar-refractivity contribution in [2.45, 2.75) is 0 Å². The summed E-state index contributed by atoms with van der Waals surface area (Å²) in [6.45, 7) is 3.66. The molecule has 2 rings (SSSR count). The average Bonchev–Trinajstić information content (AvgIpc) is 2.36. The number of ether oxygens (including phenoxy) is 1. The molecule has 0 saturated carbocycles. The second-order valence-corrected chi connectivity index (χ2v) is 3.50. The smallest absolute Gasteiger partial charge is 0.201 e. The molecule has 3 heteroatoms. The fraction of sp³-hybridized carbons (Fsp3) is 0. The Morgan fingerprint density at radius 2 is 1.71 bits per heavy atom. The third-order valence-corrected chi connectivity index (χ3v) is 2.32. The van der Waals surface area contributed by atoms with Crippen molar-refractivity contribution in [2.24, 2.45) is 0 Å². The van der Waals surface area contributed by atoms with E-state index in [1.54, 1.807) is 30.3 Å². The second kappa shape index (κ2) is 4.61. The molecule has 2 aromatic carbocycles. The van der Waals surface area contributed by atoms with Gasteiger partial charge in [-0.05, 0) is 29.8 Å². The molecule has 0 amide bonds. The molecular weight excluding hydrogens is 216 g/mol. The zero-order chi connectivity index (χ0) is 12.3. The van der Waals surface area contributed by atoms with Crippen LogP contribution in [0.2, 0.25) is 0 Å². The van der Waals surface area contributed by atoms with Gasteiger partial charge in [0.2, 0.25) is 5.75 Å². The Hall–Kier alpha value is -2.42. The number of hydrogen-bond donors (Lipinski definition) is 2. The van der Waals surface area contributed by atoms with Gasteiger partial charge in [-0.2, -0.15) is 0 Å². The Bertz CT molecular complexity index is 530. The first-order valence-electron chi connectivity index (χ1n) is 5.12. The van der Waals surface area contributed by atoms with Crippen molar-refractivity contribution in [3.05, 3.63) is 54.6 Å². The summed E-state index contributed by atoms with van der Waals surface area (Å²) in [6, 6.07) is 11.8. The summed E-state index contributed by atoms with van der Waals surface area (Å²) in [6.07, 6.45) is 1.73. The molecule has 0 saturated heterocycles. The van der Waals surface area contributed by atoms with Crippen LogP contribution in [-0.4, -0.2) is 10.2 Å². The summed E-state index contributed by atoms with van der Waals surface area (Å²) in [5, 5.41) is 18.9. The van der Waals surface area contributed by atoms with E-state index >= 15 is 0 Å². The summed E-state index contributed by atoms with van der Waals surface area (Å²) < 4.78 is 5.45. The lowest BCUT2D eigenvalue weighted by atomic mass is 10.2. The molecule has 2 aromatic rings. The van der Waals surface area contributed by atoms with E-state index in [1.807, 2.05) is 12.1 Å². The highest BCUT2D eigenvalue weighted by atomic mass is 16.5. The summed E-state index contributed by atoms with van der Waals surface area (Å²) in [5.41, 5.74) is 0.984. The molecule has 86 valence electrons. The molecule has 0 radical (unpaired) electrons. The van der Waals surface area contributed by atoms with Crippen molar-refractivity contribution in [3.63, 3.8) is 0 Å². The van der Waals surface area contributed by atoms with E-state index in [-0.39, 0.29) is 17.2 Å². The monoisotopic (exact) mass is 228 g/mol. The topological polar surface area (TPSA) is 49.7 Å². The minimum Gasteiger partial charge on any atom is -0.504 e. The number of hydrogen-bond acceptors (Lipinski definition) is 3. The number of aromatic hydroxyl groups is 2. The minimum atomic E-state index is -0.264. The maximum Gasteiger partial charge on any atom is 0.201 e. The van der Waals surface area contributed by atoms with Crippen molar-refractivity contribution < 1.29 is 14.9 Å². The normalized spacial score (nSPS) is 9.88. The fourth-order valence-corrected chi connectivity index (χ4v) is 1.39. The molecule has 0 unspecified atom stereocenters. The number of rotatable bonds is 3. The zero-order valence-corrected chi connectivity index (χ0v) is 9.13. The molecule has 0 aromatic heterocycles. The molecule has 17 heavy (non-hydrogen) atoms. The van der Waals surface area contributed by atoms with Crippen LogP contribution < -0.4 is 4.74 Å². The van der Waals surface area contributed by atoms with Crippen molar-refractivity contribution in [3.8, 4) is 23.0 Å². The van der Waals surface area contributed by atoms with E-state index in [2.05, 4.69) is 6.58 Å². The molecule has 0 heterocycles. The van der Waals surface area contributed by atoms with Crippen LogP contribution in [0.4, 0.5) is 0 Å². The van der Waals surface area contributed by atoms with Gasteiger partial charge < -0.3 is 14.9 Å². The molecule has 2 N–H and O–H groups in total. The fourth-order valence-electron chi connectivity index (χ4n) is 1.39. The van der Waals surface area contributed by atoms with E-state index in [4.69, 9.17) is 4.74 Å². The van der Waals surface area contributed by atoms with E-state index < -0.39 is 0 Å². The molecule has 0 bridgehead atoms. The Morgan fingerprint density at radius 1 is 1.00 bits per heavy atom. The summed E-state index contributed by atoms with van der Waals surface area (Å²) >= 11 is 0. The van der Waals surface area contributed by atoms with Gasteiger partial charge in [-0.25, -0.2) is 0 Å². The van der Waals surface area contributed by atoms with Crippen LogP contribution in [0, 0.1) is 0 Å². The van der Waals surface area contributed by atoms with Crippen molar-refractivity contribution in [1.82, 2.24) is 0 Å². The highest BCUT2D eigenvalue weighted by molar-refractivity contribution is 5.52. The summed E-state index contributed by atoms with van der Waals surface area (Å²) in [5.74, 6) is 0.332. The predicted molar refractivity (Wildman–Crippen MR) is 66.4 cm³/mol. The molecule has 0 atom stereocenters. The lowest BCUT2D eigenvalue weighted by molar-refractivity contribution is 0.373. The third-order valence-electron chi connectivity index (χ3n) is 2.32. The molecule has 3 nitrogen and oxygen atoms in total. The first kappa shape index (κ1) is 11.1. The molecule has 0 aliphatic heterocycles. The molecule has 0 fully saturated rings. The Balaban J connectivity index is 2.25. The molecule has 0 aliphatic rings. The molecule has 0 spiro atoms. The predicted octanol–water partition coefficient (Wildman–Crippen LogP) is 3.53. The van der Waals surface area contributed by atoms with E-state index in [0.29, 0.717) is 5.75 Å². The average molecular weight is 228 g/mol. The van der Waals surface area contributed by atoms with Crippen molar-refractivity contribution >= 4 is 6.08 Å². The lowest BCUT2D eigenvalue weighted by Gasteiger charge is -2.08. The van der Waals surface area contributed by atoms with Gasteiger partial charge in [0.15, 0.2) is 11.5 Å². The molecular formula is C14H12O3. The highest BCUT2D eigenvalue weighted by Crippen LogP contribution is 2.37.